The van der Waals surface area contributed by atoms with Crippen molar-refractivity contribution in [2.75, 3.05) is 19.8 Å². The predicted octanol–water partition coefficient (Wildman–Crippen LogP) is 1.24. The van der Waals surface area contributed by atoms with Gasteiger partial charge in [0.05, 0.1) is 24.6 Å². The Morgan fingerprint density at radius 2 is 2.00 bits per heavy atom. The Morgan fingerprint density at radius 3 is 2.72 bits per heavy atom. The van der Waals surface area contributed by atoms with Crippen molar-refractivity contribution in [2.45, 2.75) is 31.9 Å². The van der Waals surface area contributed by atoms with E-state index >= 15 is 0 Å². The fourth-order valence-corrected chi connectivity index (χ4v) is 3.72. The number of imidazole rings is 1. The fourth-order valence-electron chi connectivity index (χ4n) is 3.72. The monoisotopic (exact) mass is 442 g/mol. The van der Waals surface area contributed by atoms with Gasteiger partial charge in [-0.25, -0.2) is 14.6 Å². The van der Waals surface area contributed by atoms with Crippen molar-refractivity contribution in [1.82, 2.24) is 18.7 Å². The average Bonchev–Trinajstić information content (AvgIpc) is 3.45. The van der Waals surface area contributed by atoms with Crippen LogP contribution in [0.15, 0.2) is 40.2 Å². The molecule has 0 aliphatic carbocycles. The van der Waals surface area contributed by atoms with Crippen LogP contribution in [-0.2, 0) is 30.1 Å². The molecule has 1 unspecified atom stereocenters. The number of carbonyl (C=O) groups is 1. The molecular formula is C22H26N4O6. The van der Waals surface area contributed by atoms with Crippen molar-refractivity contribution in [3.05, 3.63) is 57.0 Å². The van der Waals surface area contributed by atoms with Crippen molar-refractivity contribution >= 4 is 17.1 Å². The summed E-state index contributed by atoms with van der Waals surface area (Å²) in [6.45, 7) is 1.48. The average molecular weight is 442 g/mol. The lowest BCUT2D eigenvalue weighted by Crippen LogP contribution is -2.39. The number of benzene rings is 1. The van der Waals surface area contributed by atoms with E-state index in [1.807, 2.05) is 0 Å². The Balaban J connectivity index is 1.30. The fraction of sp³-hybridized carbons (Fsp3) is 0.455. The van der Waals surface area contributed by atoms with Crippen molar-refractivity contribution in [2.24, 2.45) is 14.1 Å². The Morgan fingerprint density at radius 1 is 1.22 bits per heavy atom. The number of nitrogens with zero attached hydrogens (tertiary/aromatic N) is 4. The second kappa shape index (κ2) is 9.39. The molecule has 0 radical (unpaired) electrons. The summed E-state index contributed by atoms with van der Waals surface area (Å²) in [6, 6.07) is 6.73. The standard InChI is InChI=1S/C22H26N4O6/c1-24-14-23-19-18(24)20(27)26(22(29)25(19)2)10-4-12-31-21(28)15-6-8-16(9-7-15)32-13-17-5-3-11-30-17/h6-9,14,17H,3-5,10-13H2,1-2H3. The Hall–Kier alpha value is -3.40. The van der Waals surface area contributed by atoms with Crippen molar-refractivity contribution in [3.8, 4) is 5.75 Å². The zero-order valence-electron chi connectivity index (χ0n) is 18.2. The highest BCUT2D eigenvalue weighted by atomic mass is 16.5. The van der Waals surface area contributed by atoms with Crippen LogP contribution >= 0.6 is 0 Å². The first kappa shape index (κ1) is 21.8. The lowest BCUT2D eigenvalue weighted by atomic mass is 10.2. The highest BCUT2D eigenvalue weighted by Gasteiger charge is 2.17. The molecule has 32 heavy (non-hydrogen) atoms. The molecule has 1 aliphatic heterocycles. The third-order valence-electron chi connectivity index (χ3n) is 5.51. The van der Waals surface area contributed by atoms with Crippen LogP contribution in [0.5, 0.6) is 5.75 Å². The Labute approximate surface area is 184 Å². The minimum absolute atomic E-state index is 0.0785. The van der Waals surface area contributed by atoms with Gasteiger partial charge in [0.25, 0.3) is 5.56 Å². The third kappa shape index (κ3) is 4.45. The van der Waals surface area contributed by atoms with E-state index in [1.54, 1.807) is 42.9 Å². The van der Waals surface area contributed by atoms with Gasteiger partial charge in [0.15, 0.2) is 11.2 Å². The molecule has 0 amide bonds. The number of aryl methyl sites for hydroxylation is 2. The van der Waals surface area contributed by atoms with E-state index < -0.39 is 17.2 Å². The molecule has 1 aromatic carbocycles. The van der Waals surface area contributed by atoms with Crippen LogP contribution in [0.2, 0.25) is 0 Å². The van der Waals surface area contributed by atoms with Crippen LogP contribution in [0, 0.1) is 0 Å². The Kier molecular flexibility index (Phi) is 6.40. The molecule has 1 atom stereocenters. The van der Waals surface area contributed by atoms with Crippen LogP contribution in [0.4, 0.5) is 0 Å². The van der Waals surface area contributed by atoms with Gasteiger partial charge < -0.3 is 18.8 Å². The first-order valence-corrected chi connectivity index (χ1v) is 10.6. The first-order valence-electron chi connectivity index (χ1n) is 10.6. The SMILES string of the molecule is Cn1cnc2c1c(=O)n(CCCOC(=O)c1ccc(OCC3CCCO3)cc1)c(=O)n2C. The molecule has 1 saturated heterocycles. The number of ether oxygens (including phenoxy) is 3. The summed E-state index contributed by atoms with van der Waals surface area (Å²) in [5.74, 6) is 0.191. The van der Waals surface area contributed by atoms with Gasteiger partial charge in [0.1, 0.15) is 12.4 Å². The highest BCUT2D eigenvalue weighted by Crippen LogP contribution is 2.17. The summed E-state index contributed by atoms with van der Waals surface area (Å²) >= 11 is 0. The minimum Gasteiger partial charge on any atom is -0.491 e. The number of hydrogen-bond donors (Lipinski definition) is 0. The van der Waals surface area contributed by atoms with E-state index in [1.165, 1.54) is 10.9 Å². The quantitative estimate of drug-likeness (QED) is 0.382. The topological polar surface area (TPSA) is 107 Å². The Bertz CT molecular complexity index is 1220. The van der Waals surface area contributed by atoms with Crippen molar-refractivity contribution in [1.29, 1.82) is 0 Å². The van der Waals surface area contributed by atoms with Crippen LogP contribution in [0.25, 0.3) is 11.2 Å². The van der Waals surface area contributed by atoms with Crippen LogP contribution < -0.4 is 16.0 Å². The van der Waals surface area contributed by atoms with E-state index in [-0.39, 0.29) is 19.3 Å². The van der Waals surface area contributed by atoms with Crippen LogP contribution in [0.1, 0.15) is 29.6 Å². The number of carbonyl (C=O) groups excluding carboxylic acids is 1. The summed E-state index contributed by atoms with van der Waals surface area (Å²) in [6.07, 6.45) is 4.00. The normalized spacial score (nSPS) is 15.9. The van der Waals surface area contributed by atoms with Crippen LogP contribution in [0.3, 0.4) is 0 Å². The van der Waals surface area contributed by atoms with Gasteiger partial charge in [-0.2, -0.15) is 0 Å². The summed E-state index contributed by atoms with van der Waals surface area (Å²) in [7, 11) is 3.27. The second-order valence-corrected chi connectivity index (χ2v) is 7.79. The highest BCUT2D eigenvalue weighted by molar-refractivity contribution is 5.89. The molecule has 1 fully saturated rings. The molecule has 3 aromatic rings. The van der Waals surface area contributed by atoms with Gasteiger partial charge in [0.2, 0.25) is 0 Å². The molecule has 0 saturated carbocycles. The van der Waals surface area contributed by atoms with Gasteiger partial charge in [-0.15, -0.1) is 0 Å². The summed E-state index contributed by atoms with van der Waals surface area (Å²) < 4.78 is 20.6. The van der Waals surface area contributed by atoms with E-state index in [0.29, 0.717) is 35.5 Å². The minimum atomic E-state index is -0.474. The molecule has 0 spiro atoms. The largest absolute Gasteiger partial charge is 0.491 e. The lowest BCUT2D eigenvalue weighted by molar-refractivity contribution is 0.0495. The number of fused-ring (bicyclic) bond motifs is 1. The zero-order chi connectivity index (χ0) is 22.7. The molecule has 4 rings (SSSR count). The maximum absolute atomic E-state index is 12.7. The second-order valence-electron chi connectivity index (χ2n) is 7.79. The van der Waals surface area contributed by atoms with E-state index in [0.717, 1.165) is 24.0 Å². The molecule has 10 nitrogen and oxygen atoms in total. The van der Waals surface area contributed by atoms with Gasteiger partial charge in [-0.1, -0.05) is 0 Å². The zero-order valence-corrected chi connectivity index (χ0v) is 18.2. The lowest BCUT2D eigenvalue weighted by Gasteiger charge is -2.12. The van der Waals surface area contributed by atoms with Crippen LogP contribution in [-0.4, -0.2) is 50.6 Å². The van der Waals surface area contributed by atoms with Gasteiger partial charge >= 0.3 is 11.7 Å². The summed E-state index contributed by atoms with van der Waals surface area (Å²) in [4.78, 5) is 41.5. The van der Waals surface area contributed by atoms with Gasteiger partial charge in [-0.05, 0) is 43.5 Å². The predicted molar refractivity (Wildman–Crippen MR) is 116 cm³/mol. The summed E-state index contributed by atoms with van der Waals surface area (Å²) in [5.41, 5.74) is 0.234. The molecule has 10 heteroatoms. The van der Waals surface area contributed by atoms with E-state index in [2.05, 4.69) is 4.98 Å². The van der Waals surface area contributed by atoms with E-state index in [4.69, 9.17) is 14.2 Å². The van der Waals surface area contributed by atoms with E-state index in [9.17, 15) is 14.4 Å². The van der Waals surface area contributed by atoms with Crippen molar-refractivity contribution in [3.63, 3.8) is 0 Å². The smallest absolute Gasteiger partial charge is 0.338 e. The first-order chi connectivity index (χ1) is 15.5. The molecular weight excluding hydrogens is 416 g/mol. The number of rotatable bonds is 8. The molecule has 3 heterocycles. The van der Waals surface area contributed by atoms with Gasteiger partial charge in [0, 0.05) is 27.2 Å². The number of esters is 1. The summed E-state index contributed by atoms with van der Waals surface area (Å²) in [5, 5.41) is 0. The number of hydrogen-bond acceptors (Lipinski definition) is 7. The molecule has 0 N–H and O–H groups in total. The molecule has 1 aliphatic rings. The maximum Gasteiger partial charge on any atom is 0.338 e. The number of aromatic nitrogens is 4. The molecule has 0 bridgehead atoms. The van der Waals surface area contributed by atoms with Crippen molar-refractivity contribution < 1.29 is 19.0 Å². The molecule has 2 aromatic heterocycles. The van der Waals surface area contributed by atoms with Gasteiger partial charge in [-0.3, -0.25) is 13.9 Å². The maximum atomic E-state index is 12.7. The molecule has 170 valence electrons. The third-order valence-corrected chi connectivity index (χ3v) is 5.51.